The number of phenolic OH excluding ortho intramolecular Hbond substituents is 1. The third-order valence-corrected chi connectivity index (χ3v) is 7.35. The van der Waals surface area contributed by atoms with Crippen LogP contribution in [0.25, 0.3) is 0 Å². The molecule has 4 atom stereocenters. The number of carboxylic acid groups (broad SMARTS) is 1. The predicted molar refractivity (Wildman–Crippen MR) is 125 cm³/mol. The van der Waals surface area contributed by atoms with Crippen LogP contribution in [0.1, 0.15) is 38.4 Å². The molecule has 0 spiro atoms. The van der Waals surface area contributed by atoms with E-state index < -0.39 is 11.6 Å². The first kappa shape index (κ1) is 22.7. The lowest BCUT2D eigenvalue weighted by molar-refractivity contribution is -0.162. The molecule has 2 aromatic carbocycles. The van der Waals surface area contributed by atoms with Gasteiger partial charge in [0, 0.05) is 29.8 Å². The van der Waals surface area contributed by atoms with Crippen molar-refractivity contribution in [1.82, 2.24) is 4.90 Å². The Balaban J connectivity index is 1.35. The van der Waals surface area contributed by atoms with Gasteiger partial charge in [-0.2, -0.15) is 0 Å². The fourth-order valence-corrected chi connectivity index (χ4v) is 5.68. The number of phenols is 1. The fourth-order valence-electron chi connectivity index (χ4n) is 5.68. The van der Waals surface area contributed by atoms with E-state index in [0.29, 0.717) is 12.2 Å². The maximum atomic E-state index is 13.2. The van der Waals surface area contributed by atoms with Crippen LogP contribution in [-0.4, -0.2) is 64.4 Å². The molecule has 180 valence electrons. The molecule has 34 heavy (non-hydrogen) atoms. The lowest BCUT2D eigenvalue weighted by Gasteiger charge is -2.50. The topological polar surface area (TPSA) is 99.5 Å². The molecule has 8 nitrogen and oxygen atoms in total. The van der Waals surface area contributed by atoms with Crippen LogP contribution in [0.3, 0.4) is 0 Å². The molecule has 2 fully saturated rings. The minimum absolute atomic E-state index is 0.0365. The van der Waals surface area contributed by atoms with Crippen molar-refractivity contribution in [3.05, 3.63) is 54.1 Å². The number of rotatable bonds is 5. The van der Waals surface area contributed by atoms with Gasteiger partial charge >= 0.3 is 5.97 Å². The molecule has 3 heterocycles. The van der Waals surface area contributed by atoms with E-state index in [1.54, 1.807) is 42.5 Å². The number of carbonyl (C=O) groups excluding carboxylic acids is 1. The molecule has 0 aliphatic carbocycles. The van der Waals surface area contributed by atoms with E-state index in [1.165, 1.54) is 4.90 Å². The van der Waals surface area contributed by atoms with Crippen molar-refractivity contribution in [2.24, 2.45) is 5.92 Å². The van der Waals surface area contributed by atoms with Gasteiger partial charge in [-0.15, -0.1) is 0 Å². The molecular weight excluding hydrogens is 436 g/mol. The maximum absolute atomic E-state index is 13.2. The zero-order chi connectivity index (χ0) is 24.0. The Morgan fingerprint density at radius 1 is 1.18 bits per heavy atom. The monoisotopic (exact) mass is 466 g/mol. The summed E-state index contributed by atoms with van der Waals surface area (Å²) in [6.07, 6.45) is 1.36. The second-order valence-electron chi connectivity index (χ2n) is 9.90. The molecule has 3 aliphatic rings. The van der Waals surface area contributed by atoms with Gasteiger partial charge in [0.05, 0.1) is 18.8 Å². The van der Waals surface area contributed by atoms with Crippen molar-refractivity contribution >= 4 is 17.6 Å². The molecule has 2 aromatic rings. The van der Waals surface area contributed by atoms with Gasteiger partial charge in [0.2, 0.25) is 5.91 Å². The highest BCUT2D eigenvalue weighted by Gasteiger charge is 2.53. The normalized spacial score (nSPS) is 27.1. The summed E-state index contributed by atoms with van der Waals surface area (Å²) in [6.45, 7) is 4.55. The van der Waals surface area contributed by atoms with Crippen LogP contribution < -0.4 is 9.64 Å². The van der Waals surface area contributed by atoms with Gasteiger partial charge in [0.1, 0.15) is 23.6 Å². The second-order valence-corrected chi connectivity index (χ2v) is 9.90. The van der Waals surface area contributed by atoms with Crippen LogP contribution in [0, 0.1) is 5.92 Å². The average Bonchev–Trinajstić information content (AvgIpc) is 3.19. The number of fused-ring (bicyclic) bond motifs is 4. The highest BCUT2D eigenvalue weighted by Crippen LogP contribution is 2.53. The summed E-state index contributed by atoms with van der Waals surface area (Å²) >= 11 is 0. The number of aromatic hydroxyl groups is 1. The zero-order valence-corrected chi connectivity index (χ0v) is 19.4. The Bertz CT molecular complexity index is 1090. The van der Waals surface area contributed by atoms with Crippen LogP contribution in [-0.2, 0) is 14.3 Å². The molecule has 0 bridgehead atoms. The zero-order valence-electron chi connectivity index (χ0n) is 19.4. The first-order valence-corrected chi connectivity index (χ1v) is 11.7. The lowest BCUT2D eigenvalue weighted by Crippen LogP contribution is -2.55. The number of likely N-dealkylation sites (tertiary alicyclic amines) is 1. The molecule has 8 heteroatoms. The van der Waals surface area contributed by atoms with Crippen molar-refractivity contribution < 1.29 is 29.3 Å². The van der Waals surface area contributed by atoms with E-state index in [-0.39, 0.29) is 48.9 Å². The summed E-state index contributed by atoms with van der Waals surface area (Å²) in [7, 11) is 0. The average molecular weight is 467 g/mol. The lowest BCUT2D eigenvalue weighted by atomic mass is 9.74. The number of hydrogen-bond acceptors (Lipinski definition) is 6. The highest BCUT2D eigenvalue weighted by molar-refractivity contribution is 5.98. The van der Waals surface area contributed by atoms with E-state index >= 15 is 0 Å². The molecule has 3 aliphatic heterocycles. The molecule has 0 saturated carbocycles. The molecule has 2 N–H and O–H groups in total. The number of hydrogen-bond donors (Lipinski definition) is 2. The van der Waals surface area contributed by atoms with Crippen molar-refractivity contribution in [2.45, 2.75) is 50.5 Å². The molecule has 2 saturated heterocycles. The minimum atomic E-state index is -1.05. The van der Waals surface area contributed by atoms with Crippen LogP contribution in [0.2, 0.25) is 0 Å². The largest absolute Gasteiger partial charge is 0.508 e. The number of carbonyl (C=O) groups is 2. The summed E-state index contributed by atoms with van der Waals surface area (Å²) < 4.78 is 12.9. The number of benzene rings is 2. The van der Waals surface area contributed by atoms with Gasteiger partial charge in [-0.05, 0) is 57.0 Å². The van der Waals surface area contributed by atoms with Gasteiger partial charge < -0.3 is 24.6 Å². The van der Waals surface area contributed by atoms with Gasteiger partial charge in [-0.1, -0.05) is 18.2 Å². The van der Waals surface area contributed by atoms with Crippen molar-refractivity contribution in [3.63, 3.8) is 0 Å². The Kier molecular flexibility index (Phi) is 5.73. The third-order valence-electron chi connectivity index (χ3n) is 7.35. The predicted octanol–water partition coefficient (Wildman–Crippen LogP) is 3.20. The number of amides is 1. The molecule has 1 amide bonds. The molecule has 0 aromatic heterocycles. The number of nitrogens with zero attached hydrogens (tertiary/aromatic N) is 2. The van der Waals surface area contributed by atoms with Crippen LogP contribution >= 0.6 is 0 Å². The van der Waals surface area contributed by atoms with Gasteiger partial charge in [-0.3, -0.25) is 14.5 Å². The summed E-state index contributed by atoms with van der Waals surface area (Å²) in [4.78, 5) is 28.1. The summed E-state index contributed by atoms with van der Waals surface area (Å²) in [5, 5.41) is 19.4. The second kappa shape index (κ2) is 8.60. The Labute approximate surface area is 198 Å². The van der Waals surface area contributed by atoms with E-state index in [0.717, 1.165) is 24.2 Å². The van der Waals surface area contributed by atoms with Gasteiger partial charge in [0.15, 0.2) is 0 Å². The number of aliphatic carboxylic acids is 1. The standard InChI is InChI=1S/C26H30N2O6/c1-26(2)19-13-20-22(33-25(19)18-12-17(29)8-9-21(18)34-26)10-11-27(20)14-23(30)28(15-24(31)32)16-6-4-3-5-7-16/h3-9,12,19-20,22,25,29H,10-11,13-15H2,1-2H3,(H,31,32)/t19-,20+,22-,25+/m1/s1. The summed E-state index contributed by atoms with van der Waals surface area (Å²) in [5.41, 5.74) is 0.968. The fraction of sp³-hybridized carbons (Fsp3) is 0.462. The van der Waals surface area contributed by atoms with Crippen molar-refractivity contribution in [2.75, 3.05) is 24.5 Å². The number of anilines is 1. The summed E-state index contributed by atoms with van der Waals surface area (Å²) in [5.74, 6) is -0.332. The van der Waals surface area contributed by atoms with Gasteiger partial charge in [-0.25, -0.2) is 0 Å². The van der Waals surface area contributed by atoms with Crippen molar-refractivity contribution in [1.29, 1.82) is 0 Å². The third kappa shape index (κ3) is 4.12. The van der Waals surface area contributed by atoms with Crippen LogP contribution in [0.15, 0.2) is 48.5 Å². The van der Waals surface area contributed by atoms with E-state index in [1.807, 2.05) is 6.07 Å². The first-order valence-electron chi connectivity index (χ1n) is 11.7. The smallest absolute Gasteiger partial charge is 0.323 e. The van der Waals surface area contributed by atoms with E-state index in [4.69, 9.17) is 9.47 Å². The summed E-state index contributed by atoms with van der Waals surface area (Å²) in [6, 6.07) is 14.1. The number of para-hydroxylation sites is 1. The van der Waals surface area contributed by atoms with Crippen molar-refractivity contribution in [3.8, 4) is 11.5 Å². The molecular formula is C26H30N2O6. The van der Waals surface area contributed by atoms with Crippen LogP contribution in [0.4, 0.5) is 5.69 Å². The first-order chi connectivity index (χ1) is 16.2. The highest BCUT2D eigenvalue weighted by atomic mass is 16.5. The molecule has 0 radical (unpaired) electrons. The number of carboxylic acids is 1. The molecule has 5 rings (SSSR count). The Hall–Kier alpha value is -3.10. The Morgan fingerprint density at radius 3 is 2.68 bits per heavy atom. The quantitative estimate of drug-likeness (QED) is 0.698. The van der Waals surface area contributed by atoms with E-state index in [9.17, 15) is 19.8 Å². The van der Waals surface area contributed by atoms with Gasteiger partial charge in [0.25, 0.3) is 0 Å². The minimum Gasteiger partial charge on any atom is -0.508 e. The van der Waals surface area contributed by atoms with Crippen LogP contribution in [0.5, 0.6) is 11.5 Å². The maximum Gasteiger partial charge on any atom is 0.323 e. The number of ether oxygens (including phenoxy) is 2. The Morgan fingerprint density at radius 2 is 1.94 bits per heavy atom. The molecule has 0 unspecified atom stereocenters. The van der Waals surface area contributed by atoms with E-state index in [2.05, 4.69) is 18.7 Å². The SMILES string of the molecule is CC1(C)Oc2ccc(O)cc2[C@@H]2O[C@@H]3CCN(CC(=O)N(CC(=O)O)c4ccccc4)[C@H]3C[C@H]21.